The van der Waals surface area contributed by atoms with E-state index in [4.69, 9.17) is 0 Å². The molecule has 0 fully saturated rings. The summed E-state index contributed by atoms with van der Waals surface area (Å²) in [6, 6.07) is 20.3. The Bertz CT molecular complexity index is 962. The zero-order valence-electron chi connectivity index (χ0n) is 13.7. The molecule has 0 radical (unpaired) electrons. The molecular formula is C20H19N5. The molecule has 0 saturated carbocycles. The normalized spacial score (nSPS) is 10.7. The number of hydrogen-bond donors (Lipinski definition) is 3. The summed E-state index contributed by atoms with van der Waals surface area (Å²) in [5, 5.41) is 7.92. The van der Waals surface area contributed by atoms with Gasteiger partial charge in [0.15, 0.2) is 0 Å². The average molecular weight is 329 g/mol. The number of rotatable bonds is 6. The first-order valence-corrected chi connectivity index (χ1v) is 8.31. The molecule has 0 aliphatic rings. The monoisotopic (exact) mass is 329 g/mol. The first kappa shape index (κ1) is 15.2. The van der Waals surface area contributed by atoms with Gasteiger partial charge in [0.1, 0.15) is 18.0 Å². The summed E-state index contributed by atoms with van der Waals surface area (Å²) >= 11 is 0. The topological polar surface area (TPSA) is 65.6 Å². The molecule has 0 amide bonds. The molecule has 124 valence electrons. The molecule has 3 N–H and O–H groups in total. The van der Waals surface area contributed by atoms with Crippen LogP contribution >= 0.6 is 0 Å². The minimum Gasteiger partial charge on any atom is -0.370 e. The molecule has 2 aromatic heterocycles. The Morgan fingerprint density at radius 2 is 1.68 bits per heavy atom. The van der Waals surface area contributed by atoms with Crippen molar-refractivity contribution < 1.29 is 0 Å². The largest absolute Gasteiger partial charge is 0.370 e. The Labute approximate surface area is 146 Å². The van der Waals surface area contributed by atoms with Gasteiger partial charge in [0.25, 0.3) is 0 Å². The van der Waals surface area contributed by atoms with E-state index in [0.717, 1.165) is 30.3 Å². The second kappa shape index (κ2) is 7.05. The van der Waals surface area contributed by atoms with E-state index in [2.05, 4.69) is 50.0 Å². The Morgan fingerprint density at radius 1 is 0.880 bits per heavy atom. The van der Waals surface area contributed by atoms with Crippen LogP contribution in [0.4, 0.5) is 17.3 Å². The molecular weight excluding hydrogens is 310 g/mol. The molecule has 0 aliphatic carbocycles. The molecule has 5 heteroatoms. The van der Waals surface area contributed by atoms with E-state index in [1.165, 1.54) is 16.5 Å². The number of nitrogens with one attached hydrogen (secondary N) is 3. The second-order valence-electron chi connectivity index (χ2n) is 5.82. The Morgan fingerprint density at radius 3 is 2.60 bits per heavy atom. The maximum Gasteiger partial charge on any atom is 0.135 e. The predicted molar refractivity (Wildman–Crippen MR) is 102 cm³/mol. The van der Waals surface area contributed by atoms with Crippen molar-refractivity contribution in [3.05, 3.63) is 78.8 Å². The fourth-order valence-electron chi connectivity index (χ4n) is 2.86. The van der Waals surface area contributed by atoms with Crippen molar-refractivity contribution in [2.24, 2.45) is 0 Å². The van der Waals surface area contributed by atoms with Crippen LogP contribution in [0.1, 0.15) is 5.56 Å². The predicted octanol–water partition coefficient (Wildman–Crippen LogP) is 4.36. The second-order valence-corrected chi connectivity index (χ2v) is 5.82. The molecule has 0 bridgehead atoms. The molecule has 0 unspecified atom stereocenters. The highest BCUT2D eigenvalue weighted by Gasteiger charge is 2.03. The first-order chi connectivity index (χ1) is 12.4. The summed E-state index contributed by atoms with van der Waals surface area (Å²) in [7, 11) is 0. The van der Waals surface area contributed by atoms with Gasteiger partial charge in [0, 0.05) is 35.4 Å². The van der Waals surface area contributed by atoms with Crippen LogP contribution in [0.2, 0.25) is 0 Å². The highest BCUT2D eigenvalue weighted by atomic mass is 15.1. The van der Waals surface area contributed by atoms with Gasteiger partial charge in [-0.3, -0.25) is 0 Å². The molecule has 4 rings (SSSR count). The molecule has 2 aromatic carbocycles. The zero-order chi connectivity index (χ0) is 16.9. The van der Waals surface area contributed by atoms with Gasteiger partial charge in [-0.2, -0.15) is 0 Å². The fourth-order valence-corrected chi connectivity index (χ4v) is 2.86. The van der Waals surface area contributed by atoms with Crippen molar-refractivity contribution in [1.82, 2.24) is 15.0 Å². The maximum absolute atomic E-state index is 4.29. The minimum atomic E-state index is 0.774. The van der Waals surface area contributed by atoms with Crippen LogP contribution in [0.5, 0.6) is 0 Å². The maximum atomic E-state index is 4.29. The number of fused-ring (bicyclic) bond motifs is 1. The Balaban J connectivity index is 1.39. The molecule has 5 nitrogen and oxygen atoms in total. The summed E-state index contributed by atoms with van der Waals surface area (Å²) in [6.07, 6.45) is 4.57. The summed E-state index contributed by atoms with van der Waals surface area (Å²) in [4.78, 5) is 11.9. The summed E-state index contributed by atoms with van der Waals surface area (Å²) in [5.41, 5.74) is 3.49. The number of aromatic nitrogens is 3. The fraction of sp³-hybridized carbons (Fsp3) is 0.100. The highest BCUT2D eigenvalue weighted by Crippen LogP contribution is 2.19. The summed E-state index contributed by atoms with van der Waals surface area (Å²) in [6.45, 7) is 0.809. The molecule has 4 aromatic rings. The van der Waals surface area contributed by atoms with Crippen LogP contribution < -0.4 is 10.6 Å². The molecule has 0 spiro atoms. The zero-order valence-corrected chi connectivity index (χ0v) is 13.7. The number of nitrogens with zero attached hydrogens (tertiary/aromatic N) is 2. The molecule has 0 atom stereocenters. The van der Waals surface area contributed by atoms with Crippen LogP contribution in [-0.4, -0.2) is 21.5 Å². The number of anilines is 3. The lowest BCUT2D eigenvalue weighted by Gasteiger charge is -2.08. The Kier molecular flexibility index (Phi) is 4.29. The van der Waals surface area contributed by atoms with E-state index < -0.39 is 0 Å². The van der Waals surface area contributed by atoms with Crippen LogP contribution in [0.15, 0.2) is 73.2 Å². The van der Waals surface area contributed by atoms with Gasteiger partial charge in [0.2, 0.25) is 0 Å². The summed E-state index contributed by atoms with van der Waals surface area (Å²) in [5.74, 6) is 1.59. The van der Waals surface area contributed by atoms with Crippen molar-refractivity contribution in [3.63, 3.8) is 0 Å². The third-order valence-corrected chi connectivity index (χ3v) is 4.09. The quantitative estimate of drug-likeness (QED) is 0.492. The lowest BCUT2D eigenvalue weighted by atomic mass is 10.1. The van der Waals surface area contributed by atoms with Gasteiger partial charge >= 0.3 is 0 Å². The van der Waals surface area contributed by atoms with E-state index in [1.807, 2.05) is 42.5 Å². The van der Waals surface area contributed by atoms with Crippen LogP contribution in [0.3, 0.4) is 0 Å². The van der Waals surface area contributed by atoms with Crippen molar-refractivity contribution >= 4 is 28.2 Å². The van der Waals surface area contributed by atoms with Gasteiger partial charge in [-0.15, -0.1) is 0 Å². The first-order valence-electron chi connectivity index (χ1n) is 8.31. The smallest absolute Gasteiger partial charge is 0.135 e. The Hall–Kier alpha value is -3.34. The van der Waals surface area contributed by atoms with E-state index in [9.17, 15) is 0 Å². The van der Waals surface area contributed by atoms with Crippen molar-refractivity contribution in [2.45, 2.75) is 6.42 Å². The third-order valence-electron chi connectivity index (χ3n) is 4.09. The van der Waals surface area contributed by atoms with Crippen molar-refractivity contribution in [1.29, 1.82) is 0 Å². The van der Waals surface area contributed by atoms with Gasteiger partial charge in [0.05, 0.1) is 0 Å². The van der Waals surface area contributed by atoms with E-state index in [0.29, 0.717) is 0 Å². The summed E-state index contributed by atoms with van der Waals surface area (Å²) < 4.78 is 0. The van der Waals surface area contributed by atoms with E-state index in [-0.39, 0.29) is 0 Å². The van der Waals surface area contributed by atoms with Gasteiger partial charge in [-0.1, -0.05) is 36.4 Å². The SMILES string of the molecule is c1ccc(Nc2cc(NCCc3c[nH]c4ccccc34)ncn2)cc1. The third kappa shape index (κ3) is 3.61. The number of aromatic amines is 1. The van der Waals surface area contributed by atoms with Gasteiger partial charge in [-0.25, -0.2) is 9.97 Å². The molecule has 0 saturated heterocycles. The highest BCUT2D eigenvalue weighted by molar-refractivity contribution is 5.83. The van der Waals surface area contributed by atoms with Gasteiger partial charge in [-0.05, 0) is 30.2 Å². The van der Waals surface area contributed by atoms with Crippen LogP contribution in [0.25, 0.3) is 10.9 Å². The van der Waals surface area contributed by atoms with Crippen molar-refractivity contribution in [2.75, 3.05) is 17.2 Å². The van der Waals surface area contributed by atoms with Crippen LogP contribution in [0, 0.1) is 0 Å². The average Bonchev–Trinajstić information content (AvgIpc) is 3.06. The molecule has 2 heterocycles. The standard InChI is InChI=1S/C20H19N5/c1-2-6-16(7-3-1)25-20-12-19(23-14-24-20)21-11-10-15-13-22-18-9-5-4-8-17(15)18/h1-9,12-14,22H,10-11H2,(H2,21,23,24,25). The lowest BCUT2D eigenvalue weighted by molar-refractivity contribution is 1.01. The molecule has 25 heavy (non-hydrogen) atoms. The molecule has 0 aliphatic heterocycles. The number of H-pyrrole nitrogens is 1. The number of para-hydroxylation sites is 2. The minimum absolute atomic E-state index is 0.774. The van der Waals surface area contributed by atoms with Gasteiger partial charge < -0.3 is 15.6 Å². The number of hydrogen-bond acceptors (Lipinski definition) is 4. The lowest BCUT2D eigenvalue weighted by Crippen LogP contribution is -2.07. The van der Waals surface area contributed by atoms with E-state index >= 15 is 0 Å². The van der Waals surface area contributed by atoms with Crippen LogP contribution in [-0.2, 0) is 6.42 Å². The van der Waals surface area contributed by atoms with E-state index in [1.54, 1.807) is 6.33 Å². The van der Waals surface area contributed by atoms with Crippen molar-refractivity contribution in [3.8, 4) is 0 Å². The number of benzene rings is 2.